The highest BCUT2D eigenvalue weighted by atomic mass is 16.1. The van der Waals surface area contributed by atoms with E-state index in [0.717, 1.165) is 37.5 Å². The molecule has 0 aromatic carbocycles. The van der Waals surface area contributed by atoms with Gasteiger partial charge in [-0.2, -0.15) is 0 Å². The van der Waals surface area contributed by atoms with E-state index in [9.17, 15) is 4.79 Å². The first-order valence-corrected chi connectivity index (χ1v) is 5.78. The molecule has 1 aliphatic rings. The van der Waals surface area contributed by atoms with E-state index < -0.39 is 0 Å². The molecule has 0 heterocycles. The number of hydrogen-bond acceptors (Lipinski definition) is 1. The van der Waals surface area contributed by atoms with Gasteiger partial charge in [-0.1, -0.05) is 26.0 Å². The molecule has 0 aromatic rings. The average Bonchev–Trinajstić information content (AvgIpc) is 2.14. The third-order valence-electron chi connectivity index (χ3n) is 3.38. The summed E-state index contributed by atoms with van der Waals surface area (Å²) in [6.07, 6.45) is 8.13. The molecule has 0 saturated heterocycles. The van der Waals surface area contributed by atoms with Gasteiger partial charge in [0.05, 0.1) is 0 Å². The van der Waals surface area contributed by atoms with Gasteiger partial charge in [0.1, 0.15) is 5.78 Å². The smallest absolute Gasteiger partial charge is 0.133 e. The van der Waals surface area contributed by atoms with Gasteiger partial charge in [-0.25, -0.2) is 0 Å². The lowest BCUT2D eigenvalue weighted by atomic mass is 9.72. The molecule has 1 nitrogen and oxygen atoms in total. The highest BCUT2D eigenvalue weighted by molar-refractivity contribution is 5.79. The average molecular weight is 194 g/mol. The van der Waals surface area contributed by atoms with Crippen LogP contribution in [0.3, 0.4) is 0 Å². The Morgan fingerprint density at radius 1 is 1.50 bits per heavy atom. The number of carbonyl (C=O) groups excluding carboxylic acids is 1. The molecule has 14 heavy (non-hydrogen) atoms. The first-order chi connectivity index (χ1) is 6.65. The van der Waals surface area contributed by atoms with Gasteiger partial charge >= 0.3 is 0 Å². The summed E-state index contributed by atoms with van der Waals surface area (Å²) in [5.74, 6) is 2.55. The Kier molecular flexibility index (Phi) is 4.37. The molecule has 0 aliphatic heterocycles. The molecule has 0 amide bonds. The fourth-order valence-electron chi connectivity index (χ4n) is 2.56. The highest BCUT2D eigenvalue weighted by Crippen LogP contribution is 2.35. The summed E-state index contributed by atoms with van der Waals surface area (Å²) < 4.78 is 0. The molecule has 1 rings (SSSR count). The molecule has 0 N–H and O–H groups in total. The molecular formula is C13H22O. The van der Waals surface area contributed by atoms with E-state index in [0.29, 0.717) is 11.7 Å². The molecule has 1 aliphatic carbocycles. The monoisotopic (exact) mass is 194 g/mol. The summed E-state index contributed by atoms with van der Waals surface area (Å²) in [4.78, 5) is 11.4. The zero-order valence-electron chi connectivity index (χ0n) is 9.62. The maximum absolute atomic E-state index is 11.4. The molecule has 80 valence electrons. The molecule has 0 unspecified atom stereocenters. The minimum Gasteiger partial charge on any atom is -0.300 e. The number of rotatable bonds is 3. The largest absolute Gasteiger partial charge is 0.300 e. The van der Waals surface area contributed by atoms with Crippen LogP contribution in [-0.2, 0) is 4.79 Å². The molecule has 0 radical (unpaired) electrons. The van der Waals surface area contributed by atoms with Crippen LogP contribution in [0, 0.1) is 17.8 Å². The Morgan fingerprint density at radius 2 is 2.21 bits per heavy atom. The zero-order chi connectivity index (χ0) is 10.6. The van der Waals surface area contributed by atoms with Crippen molar-refractivity contribution in [2.75, 3.05) is 0 Å². The van der Waals surface area contributed by atoms with Gasteiger partial charge in [-0.3, -0.25) is 4.79 Å². The molecule has 0 bridgehead atoms. The predicted molar refractivity (Wildman–Crippen MR) is 60.1 cm³/mol. The summed E-state index contributed by atoms with van der Waals surface area (Å²) in [7, 11) is 0. The predicted octanol–water partition coefficient (Wildman–Crippen LogP) is 3.59. The second kappa shape index (κ2) is 5.33. The molecule has 2 atom stereocenters. The highest BCUT2D eigenvalue weighted by Gasteiger charge is 2.30. The molecule has 1 heteroatoms. The van der Waals surface area contributed by atoms with Crippen molar-refractivity contribution in [1.82, 2.24) is 0 Å². The van der Waals surface area contributed by atoms with Crippen molar-refractivity contribution in [2.24, 2.45) is 17.8 Å². The van der Waals surface area contributed by atoms with Crippen LogP contribution in [0.15, 0.2) is 12.2 Å². The van der Waals surface area contributed by atoms with Crippen molar-refractivity contribution >= 4 is 5.78 Å². The number of carbonyl (C=O) groups is 1. The van der Waals surface area contributed by atoms with E-state index in [4.69, 9.17) is 0 Å². The lowest BCUT2D eigenvalue weighted by Gasteiger charge is -2.33. The van der Waals surface area contributed by atoms with Crippen molar-refractivity contribution in [2.45, 2.75) is 46.5 Å². The van der Waals surface area contributed by atoms with Crippen LogP contribution in [0.2, 0.25) is 0 Å². The van der Waals surface area contributed by atoms with E-state index in [-0.39, 0.29) is 0 Å². The Bertz CT molecular complexity index is 215. The van der Waals surface area contributed by atoms with Crippen LogP contribution in [0.1, 0.15) is 46.5 Å². The van der Waals surface area contributed by atoms with Crippen LogP contribution in [0.5, 0.6) is 0 Å². The Hall–Kier alpha value is -0.590. The maximum Gasteiger partial charge on any atom is 0.133 e. The summed E-state index contributed by atoms with van der Waals surface area (Å²) >= 11 is 0. The topological polar surface area (TPSA) is 17.1 Å². The summed E-state index contributed by atoms with van der Waals surface area (Å²) in [6.45, 7) is 6.61. The van der Waals surface area contributed by atoms with E-state index >= 15 is 0 Å². The van der Waals surface area contributed by atoms with Crippen LogP contribution in [0.25, 0.3) is 0 Å². The molecule has 0 aromatic heterocycles. The molecule has 0 spiro atoms. The third kappa shape index (κ3) is 2.97. The van der Waals surface area contributed by atoms with E-state index in [2.05, 4.69) is 32.9 Å². The minimum atomic E-state index is 0.469. The van der Waals surface area contributed by atoms with Crippen molar-refractivity contribution < 1.29 is 4.79 Å². The maximum atomic E-state index is 11.4. The van der Waals surface area contributed by atoms with Crippen molar-refractivity contribution in [3.8, 4) is 0 Å². The van der Waals surface area contributed by atoms with E-state index in [1.54, 1.807) is 0 Å². The van der Waals surface area contributed by atoms with Gasteiger partial charge < -0.3 is 0 Å². The van der Waals surface area contributed by atoms with Gasteiger partial charge in [0, 0.05) is 12.8 Å². The second-order valence-electron chi connectivity index (χ2n) is 4.75. The van der Waals surface area contributed by atoms with E-state index in [1.165, 1.54) is 0 Å². The van der Waals surface area contributed by atoms with Crippen LogP contribution < -0.4 is 0 Å². The number of hydrogen-bond donors (Lipinski definition) is 0. The van der Waals surface area contributed by atoms with Gasteiger partial charge in [0.15, 0.2) is 0 Å². The molecular weight excluding hydrogens is 172 g/mol. The first kappa shape index (κ1) is 11.5. The fraction of sp³-hybridized carbons (Fsp3) is 0.769. The zero-order valence-corrected chi connectivity index (χ0v) is 9.62. The fourth-order valence-corrected chi connectivity index (χ4v) is 2.56. The van der Waals surface area contributed by atoms with Crippen molar-refractivity contribution in [3.63, 3.8) is 0 Å². The SMILES string of the molecule is C/C=C\C[C@H]1CC(=O)CC[C@@H]1C(C)C. The normalized spacial score (nSPS) is 29.0. The van der Waals surface area contributed by atoms with Gasteiger partial charge in [-0.05, 0) is 37.5 Å². The summed E-state index contributed by atoms with van der Waals surface area (Å²) in [5.41, 5.74) is 0. The van der Waals surface area contributed by atoms with Crippen molar-refractivity contribution in [1.29, 1.82) is 0 Å². The summed E-state index contributed by atoms with van der Waals surface area (Å²) in [6, 6.07) is 0. The molecule has 1 saturated carbocycles. The lowest BCUT2D eigenvalue weighted by Crippen LogP contribution is -2.28. The Labute approximate surface area is 87.6 Å². The van der Waals surface area contributed by atoms with Crippen molar-refractivity contribution in [3.05, 3.63) is 12.2 Å². The standard InChI is InChI=1S/C13H22O/c1-4-5-6-11-9-12(14)7-8-13(11)10(2)3/h4-5,10-11,13H,6-9H2,1-3H3/b5-4-/t11-,13+/m0/s1. The quantitative estimate of drug-likeness (QED) is 0.627. The lowest BCUT2D eigenvalue weighted by molar-refractivity contribution is -0.123. The first-order valence-electron chi connectivity index (χ1n) is 5.78. The van der Waals surface area contributed by atoms with Crippen LogP contribution >= 0.6 is 0 Å². The number of allylic oxidation sites excluding steroid dienone is 2. The Balaban J connectivity index is 2.58. The summed E-state index contributed by atoms with van der Waals surface area (Å²) in [5, 5.41) is 0. The Morgan fingerprint density at radius 3 is 2.79 bits per heavy atom. The van der Waals surface area contributed by atoms with Crippen LogP contribution in [-0.4, -0.2) is 5.78 Å². The minimum absolute atomic E-state index is 0.469. The van der Waals surface area contributed by atoms with Gasteiger partial charge in [0.2, 0.25) is 0 Å². The van der Waals surface area contributed by atoms with Gasteiger partial charge in [0.25, 0.3) is 0 Å². The molecule has 1 fully saturated rings. The van der Waals surface area contributed by atoms with E-state index in [1.807, 2.05) is 0 Å². The third-order valence-corrected chi connectivity index (χ3v) is 3.38. The number of Topliss-reactive ketones (excluding diaryl/α,β-unsaturated/α-hetero) is 1. The number of ketones is 1. The van der Waals surface area contributed by atoms with Gasteiger partial charge in [-0.15, -0.1) is 0 Å². The van der Waals surface area contributed by atoms with Crippen LogP contribution in [0.4, 0.5) is 0 Å². The second-order valence-corrected chi connectivity index (χ2v) is 4.75.